The molecule has 3 N–H and O–H groups in total. The first-order chi connectivity index (χ1) is 8.94. The van der Waals surface area contributed by atoms with Crippen molar-refractivity contribution < 1.29 is 17.9 Å². The number of hydrogen-bond acceptors (Lipinski definition) is 4. The molecule has 0 amide bonds. The Labute approximate surface area is 113 Å². The highest BCUT2D eigenvalue weighted by atomic mass is 35.5. The van der Waals surface area contributed by atoms with Gasteiger partial charge in [-0.15, -0.1) is 0 Å². The van der Waals surface area contributed by atoms with E-state index in [1.54, 1.807) is 0 Å². The number of sulfonamides is 1. The van der Waals surface area contributed by atoms with Crippen LogP contribution in [0.25, 0.3) is 0 Å². The number of H-pyrrole nitrogens is 1. The first kappa shape index (κ1) is 13.8. The van der Waals surface area contributed by atoms with Gasteiger partial charge in [0.05, 0.1) is 23.5 Å². The van der Waals surface area contributed by atoms with E-state index in [0.717, 1.165) is 6.07 Å². The van der Waals surface area contributed by atoms with Crippen LogP contribution in [0, 0.1) is 5.82 Å². The molecule has 0 aliphatic heterocycles. The van der Waals surface area contributed by atoms with Crippen LogP contribution in [-0.2, 0) is 16.6 Å². The number of anilines is 1. The van der Waals surface area contributed by atoms with Gasteiger partial charge in [-0.25, -0.2) is 4.39 Å². The summed E-state index contributed by atoms with van der Waals surface area (Å²) in [5, 5.41) is 14.4. The average Bonchev–Trinajstić information content (AvgIpc) is 2.82. The maximum Gasteiger partial charge on any atom is 0.279 e. The lowest BCUT2D eigenvalue weighted by atomic mass is 10.3. The van der Waals surface area contributed by atoms with Gasteiger partial charge >= 0.3 is 0 Å². The second-order valence-electron chi connectivity index (χ2n) is 3.62. The summed E-state index contributed by atoms with van der Waals surface area (Å²) in [7, 11) is -3.98. The van der Waals surface area contributed by atoms with Gasteiger partial charge in [0.25, 0.3) is 10.0 Å². The normalized spacial score (nSPS) is 11.5. The Balaban J connectivity index is 2.34. The first-order valence-corrected chi connectivity index (χ1v) is 6.91. The van der Waals surface area contributed by atoms with E-state index >= 15 is 0 Å². The van der Waals surface area contributed by atoms with Gasteiger partial charge in [0.1, 0.15) is 5.82 Å². The van der Waals surface area contributed by atoms with E-state index in [2.05, 4.69) is 14.9 Å². The summed E-state index contributed by atoms with van der Waals surface area (Å²) in [4.78, 5) is 0. The molecule has 1 aromatic heterocycles. The predicted molar refractivity (Wildman–Crippen MR) is 66.7 cm³/mol. The maximum absolute atomic E-state index is 13.2. The molecule has 2 rings (SSSR count). The van der Waals surface area contributed by atoms with Crippen molar-refractivity contribution in [3.63, 3.8) is 0 Å². The third kappa shape index (κ3) is 2.86. The minimum atomic E-state index is -3.98. The zero-order valence-corrected chi connectivity index (χ0v) is 11.0. The largest absolute Gasteiger partial charge is 0.392 e. The van der Waals surface area contributed by atoms with Crippen molar-refractivity contribution in [1.29, 1.82) is 0 Å². The van der Waals surface area contributed by atoms with Gasteiger partial charge in [0.2, 0.25) is 0 Å². The summed E-state index contributed by atoms with van der Waals surface area (Å²) in [5.74, 6) is -0.742. The number of halogens is 2. The summed E-state index contributed by atoms with van der Waals surface area (Å²) in [6.45, 7) is -0.484. The molecule has 0 aliphatic rings. The van der Waals surface area contributed by atoms with Crippen LogP contribution in [0.3, 0.4) is 0 Å². The highest BCUT2D eigenvalue weighted by molar-refractivity contribution is 7.92. The fourth-order valence-electron chi connectivity index (χ4n) is 1.41. The van der Waals surface area contributed by atoms with Crippen LogP contribution in [0.1, 0.15) is 5.56 Å². The summed E-state index contributed by atoms with van der Waals surface area (Å²) in [6, 6.07) is 3.50. The van der Waals surface area contributed by atoms with Crippen LogP contribution in [0.5, 0.6) is 0 Å². The zero-order chi connectivity index (χ0) is 14.0. The van der Waals surface area contributed by atoms with E-state index in [-0.39, 0.29) is 21.3 Å². The Morgan fingerprint density at radius 1 is 1.47 bits per heavy atom. The molecule has 19 heavy (non-hydrogen) atoms. The van der Waals surface area contributed by atoms with Crippen LogP contribution in [-0.4, -0.2) is 23.7 Å². The van der Waals surface area contributed by atoms with E-state index in [4.69, 9.17) is 16.7 Å². The second kappa shape index (κ2) is 5.16. The van der Waals surface area contributed by atoms with Crippen molar-refractivity contribution in [3.8, 4) is 0 Å². The third-order valence-electron chi connectivity index (χ3n) is 2.29. The third-order valence-corrected chi connectivity index (χ3v) is 3.99. The monoisotopic (exact) mass is 305 g/mol. The quantitative estimate of drug-likeness (QED) is 0.797. The molecule has 0 spiro atoms. The van der Waals surface area contributed by atoms with Gasteiger partial charge < -0.3 is 5.11 Å². The SMILES string of the molecule is O=S(=O)(Nc1ccc(Cl)c(F)c1)c1[nH]ncc1CO. The number of aliphatic hydroxyl groups excluding tert-OH is 1. The molecular formula is C10H9ClFN3O3S. The first-order valence-electron chi connectivity index (χ1n) is 5.05. The lowest BCUT2D eigenvalue weighted by Gasteiger charge is -2.08. The second-order valence-corrected chi connectivity index (χ2v) is 5.64. The molecule has 0 radical (unpaired) electrons. The number of rotatable bonds is 4. The van der Waals surface area contributed by atoms with Crippen molar-refractivity contribution in [3.05, 3.63) is 40.8 Å². The van der Waals surface area contributed by atoms with Gasteiger partial charge in [0, 0.05) is 5.56 Å². The van der Waals surface area contributed by atoms with Crippen LogP contribution in [0.2, 0.25) is 5.02 Å². The molecule has 1 heterocycles. The Morgan fingerprint density at radius 3 is 2.84 bits per heavy atom. The Bertz CT molecular complexity index is 702. The minimum absolute atomic E-state index is 0.0142. The highest BCUT2D eigenvalue weighted by Crippen LogP contribution is 2.22. The van der Waals surface area contributed by atoms with E-state index in [0.29, 0.717) is 0 Å². The van der Waals surface area contributed by atoms with E-state index in [1.165, 1.54) is 18.3 Å². The number of aromatic nitrogens is 2. The molecular weight excluding hydrogens is 297 g/mol. The average molecular weight is 306 g/mol. The topological polar surface area (TPSA) is 95.1 Å². The van der Waals surface area contributed by atoms with Crippen molar-refractivity contribution in [1.82, 2.24) is 10.2 Å². The smallest absolute Gasteiger partial charge is 0.279 e. The zero-order valence-electron chi connectivity index (χ0n) is 9.39. The van der Waals surface area contributed by atoms with E-state index in [9.17, 15) is 12.8 Å². The molecule has 0 unspecified atom stereocenters. The molecule has 0 saturated heterocycles. The molecule has 0 fully saturated rings. The molecule has 6 nitrogen and oxygen atoms in total. The van der Waals surface area contributed by atoms with E-state index < -0.39 is 22.4 Å². The molecule has 0 atom stereocenters. The van der Waals surface area contributed by atoms with Gasteiger partial charge in [-0.1, -0.05) is 11.6 Å². The predicted octanol–water partition coefficient (Wildman–Crippen LogP) is 1.50. The van der Waals surface area contributed by atoms with Crippen LogP contribution in [0.4, 0.5) is 10.1 Å². The van der Waals surface area contributed by atoms with Crippen LogP contribution in [0.15, 0.2) is 29.4 Å². The van der Waals surface area contributed by atoms with Crippen LogP contribution < -0.4 is 4.72 Å². The van der Waals surface area contributed by atoms with Gasteiger partial charge in [-0.05, 0) is 18.2 Å². The summed E-state index contributed by atoms with van der Waals surface area (Å²) in [6.07, 6.45) is 1.19. The fourth-order valence-corrected chi connectivity index (χ4v) is 2.70. The maximum atomic E-state index is 13.2. The van der Waals surface area contributed by atoms with Crippen molar-refractivity contribution >= 4 is 27.3 Å². The molecule has 2 aromatic rings. The number of benzene rings is 1. The Morgan fingerprint density at radius 2 is 2.21 bits per heavy atom. The number of hydrogen-bond donors (Lipinski definition) is 3. The molecule has 1 aromatic carbocycles. The standard InChI is InChI=1S/C10H9ClFN3O3S/c11-8-2-1-7(3-9(8)12)15-19(17,18)10-6(5-16)4-13-14-10/h1-4,15-16H,5H2,(H,13,14). The Hall–Kier alpha value is -1.64. The molecule has 102 valence electrons. The lowest BCUT2D eigenvalue weighted by molar-refractivity contribution is 0.278. The van der Waals surface area contributed by atoms with Gasteiger partial charge in [-0.3, -0.25) is 9.82 Å². The van der Waals surface area contributed by atoms with Gasteiger partial charge in [-0.2, -0.15) is 13.5 Å². The Kier molecular flexibility index (Phi) is 3.74. The number of nitrogens with zero attached hydrogens (tertiary/aromatic N) is 1. The highest BCUT2D eigenvalue weighted by Gasteiger charge is 2.20. The lowest BCUT2D eigenvalue weighted by Crippen LogP contribution is -2.15. The molecule has 0 aliphatic carbocycles. The summed E-state index contributed by atoms with van der Waals surface area (Å²) < 4.78 is 39.3. The molecule has 0 saturated carbocycles. The number of aromatic amines is 1. The van der Waals surface area contributed by atoms with Crippen molar-refractivity contribution in [2.24, 2.45) is 0 Å². The number of aliphatic hydroxyl groups is 1. The van der Waals surface area contributed by atoms with Crippen molar-refractivity contribution in [2.45, 2.75) is 11.6 Å². The van der Waals surface area contributed by atoms with Crippen molar-refractivity contribution in [2.75, 3.05) is 4.72 Å². The number of nitrogens with one attached hydrogen (secondary N) is 2. The molecule has 9 heteroatoms. The molecule has 0 bridgehead atoms. The van der Waals surface area contributed by atoms with Gasteiger partial charge in [0.15, 0.2) is 5.03 Å². The van der Waals surface area contributed by atoms with E-state index in [1.807, 2.05) is 0 Å². The minimum Gasteiger partial charge on any atom is -0.392 e. The summed E-state index contributed by atoms with van der Waals surface area (Å²) in [5.41, 5.74) is 0.127. The summed E-state index contributed by atoms with van der Waals surface area (Å²) >= 11 is 5.50. The van der Waals surface area contributed by atoms with Crippen LogP contribution >= 0.6 is 11.6 Å². The fraction of sp³-hybridized carbons (Fsp3) is 0.100.